The van der Waals surface area contributed by atoms with Crippen LogP contribution in [0.5, 0.6) is 5.75 Å². The zero-order valence-electron chi connectivity index (χ0n) is 9.12. The molecule has 0 heterocycles. The van der Waals surface area contributed by atoms with E-state index in [1.807, 2.05) is 25.1 Å². The lowest BCUT2D eigenvalue weighted by Gasteiger charge is -2.11. The Labute approximate surface area is 90.7 Å². The van der Waals surface area contributed by atoms with E-state index in [2.05, 4.69) is 12.6 Å². The van der Waals surface area contributed by atoms with Crippen molar-refractivity contribution in [1.82, 2.24) is 0 Å². The highest BCUT2D eigenvalue weighted by molar-refractivity contribution is 5.36. The van der Waals surface area contributed by atoms with Gasteiger partial charge in [0.2, 0.25) is 0 Å². The average molecular weight is 203 g/mol. The van der Waals surface area contributed by atoms with Crippen molar-refractivity contribution in [1.29, 1.82) is 0 Å². The Morgan fingerprint density at radius 3 is 2.87 bits per heavy atom. The fourth-order valence-corrected chi connectivity index (χ4v) is 1.53. The molecule has 2 N–H and O–H groups in total. The van der Waals surface area contributed by atoms with Gasteiger partial charge in [0.25, 0.3) is 0 Å². The Hall–Kier alpha value is -1.28. The largest absolute Gasteiger partial charge is 0.489 e. The number of hydrogen-bond donors (Lipinski definition) is 1. The monoisotopic (exact) mass is 203 g/mol. The third-order valence-electron chi connectivity index (χ3n) is 2.68. The molecule has 1 aromatic rings. The Balaban J connectivity index is 2.09. The van der Waals surface area contributed by atoms with Crippen LogP contribution in [-0.2, 0) is 5.54 Å². The standard InChI is InChI=1S/C13H17NO/c1-10(2)9-15-12-5-3-4-11(8-12)13(14)6-7-13/h3-5,8H,1,6-7,9,14H2,2H3. The fraction of sp³-hybridized carbons (Fsp3) is 0.385. The smallest absolute Gasteiger partial charge is 0.120 e. The van der Waals surface area contributed by atoms with Crippen LogP contribution in [0.3, 0.4) is 0 Å². The van der Waals surface area contributed by atoms with E-state index in [0.29, 0.717) is 6.61 Å². The molecule has 80 valence electrons. The SMILES string of the molecule is C=C(C)COc1cccc(C2(N)CC2)c1. The Morgan fingerprint density at radius 2 is 2.27 bits per heavy atom. The van der Waals surface area contributed by atoms with Crippen LogP contribution in [-0.4, -0.2) is 6.61 Å². The van der Waals surface area contributed by atoms with Gasteiger partial charge in [-0.25, -0.2) is 0 Å². The molecule has 0 saturated heterocycles. The van der Waals surface area contributed by atoms with Crippen LogP contribution in [0.4, 0.5) is 0 Å². The van der Waals surface area contributed by atoms with Crippen LogP contribution in [0.25, 0.3) is 0 Å². The molecular weight excluding hydrogens is 186 g/mol. The molecule has 0 radical (unpaired) electrons. The maximum Gasteiger partial charge on any atom is 0.120 e. The number of benzene rings is 1. The maximum atomic E-state index is 6.12. The first kappa shape index (κ1) is 10.2. The van der Waals surface area contributed by atoms with Gasteiger partial charge in [0.1, 0.15) is 12.4 Å². The second-order valence-corrected chi connectivity index (χ2v) is 4.43. The molecule has 1 aliphatic rings. The second-order valence-electron chi connectivity index (χ2n) is 4.43. The van der Waals surface area contributed by atoms with Crippen LogP contribution >= 0.6 is 0 Å². The van der Waals surface area contributed by atoms with Gasteiger partial charge >= 0.3 is 0 Å². The Bertz CT molecular complexity index is 380. The molecule has 0 unspecified atom stereocenters. The lowest BCUT2D eigenvalue weighted by atomic mass is 10.1. The summed E-state index contributed by atoms with van der Waals surface area (Å²) in [5, 5.41) is 0. The van der Waals surface area contributed by atoms with Crippen LogP contribution in [0.1, 0.15) is 25.3 Å². The average Bonchev–Trinajstić information content (AvgIpc) is 2.95. The van der Waals surface area contributed by atoms with E-state index in [9.17, 15) is 0 Å². The minimum Gasteiger partial charge on any atom is -0.489 e. The molecule has 15 heavy (non-hydrogen) atoms. The third kappa shape index (κ3) is 2.39. The van der Waals surface area contributed by atoms with E-state index in [-0.39, 0.29) is 5.54 Å². The number of nitrogens with two attached hydrogens (primary N) is 1. The van der Waals surface area contributed by atoms with E-state index >= 15 is 0 Å². The number of hydrogen-bond acceptors (Lipinski definition) is 2. The summed E-state index contributed by atoms with van der Waals surface area (Å²) < 4.78 is 5.58. The summed E-state index contributed by atoms with van der Waals surface area (Å²) in [6.07, 6.45) is 2.16. The lowest BCUT2D eigenvalue weighted by molar-refractivity contribution is 0.352. The Morgan fingerprint density at radius 1 is 1.53 bits per heavy atom. The van der Waals surface area contributed by atoms with Crippen molar-refractivity contribution in [3.63, 3.8) is 0 Å². The first-order valence-electron chi connectivity index (χ1n) is 5.27. The van der Waals surface area contributed by atoms with Crippen LogP contribution < -0.4 is 10.5 Å². The van der Waals surface area contributed by atoms with E-state index in [0.717, 1.165) is 24.2 Å². The normalized spacial score (nSPS) is 17.2. The minimum atomic E-state index is -0.0808. The van der Waals surface area contributed by atoms with E-state index in [1.165, 1.54) is 5.56 Å². The summed E-state index contributed by atoms with van der Waals surface area (Å²) in [6.45, 7) is 6.33. The van der Waals surface area contributed by atoms with Crippen molar-refractivity contribution in [3.8, 4) is 5.75 Å². The molecule has 0 amide bonds. The lowest BCUT2D eigenvalue weighted by Crippen LogP contribution is -2.18. The van der Waals surface area contributed by atoms with Crippen molar-refractivity contribution in [3.05, 3.63) is 42.0 Å². The quantitative estimate of drug-likeness (QED) is 0.763. The molecule has 1 aromatic carbocycles. The van der Waals surface area contributed by atoms with Gasteiger partial charge in [-0.05, 0) is 43.0 Å². The third-order valence-corrected chi connectivity index (χ3v) is 2.68. The zero-order chi connectivity index (χ0) is 10.9. The molecule has 0 aliphatic heterocycles. The van der Waals surface area contributed by atoms with E-state index < -0.39 is 0 Å². The number of rotatable bonds is 4. The second kappa shape index (κ2) is 3.70. The van der Waals surface area contributed by atoms with Gasteiger partial charge in [-0.3, -0.25) is 0 Å². The van der Waals surface area contributed by atoms with Crippen molar-refractivity contribution >= 4 is 0 Å². The van der Waals surface area contributed by atoms with Crippen LogP contribution in [0.15, 0.2) is 36.4 Å². The number of ether oxygens (including phenoxy) is 1. The molecule has 0 aromatic heterocycles. The van der Waals surface area contributed by atoms with Crippen molar-refractivity contribution in [2.75, 3.05) is 6.61 Å². The van der Waals surface area contributed by atoms with Crippen molar-refractivity contribution < 1.29 is 4.74 Å². The minimum absolute atomic E-state index is 0.0808. The summed E-state index contributed by atoms with van der Waals surface area (Å²) in [5.74, 6) is 0.882. The van der Waals surface area contributed by atoms with Gasteiger partial charge in [-0.2, -0.15) is 0 Å². The van der Waals surface area contributed by atoms with Crippen molar-refractivity contribution in [2.24, 2.45) is 5.73 Å². The molecule has 0 bridgehead atoms. The summed E-state index contributed by atoms with van der Waals surface area (Å²) in [4.78, 5) is 0. The van der Waals surface area contributed by atoms with Crippen molar-refractivity contribution in [2.45, 2.75) is 25.3 Å². The maximum absolute atomic E-state index is 6.12. The van der Waals surface area contributed by atoms with E-state index in [1.54, 1.807) is 0 Å². The first-order chi connectivity index (χ1) is 7.10. The van der Waals surface area contributed by atoms with Gasteiger partial charge < -0.3 is 10.5 Å². The summed E-state index contributed by atoms with van der Waals surface area (Å²) in [5.41, 5.74) is 8.24. The van der Waals surface area contributed by atoms with Gasteiger partial charge in [0, 0.05) is 5.54 Å². The molecule has 1 saturated carbocycles. The molecule has 1 fully saturated rings. The van der Waals surface area contributed by atoms with Crippen LogP contribution in [0, 0.1) is 0 Å². The molecular formula is C13H17NO. The topological polar surface area (TPSA) is 35.2 Å². The van der Waals surface area contributed by atoms with E-state index in [4.69, 9.17) is 10.5 Å². The molecule has 1 aliphatic carbocycles. The molecule has 0 spiro atoms. The summed E-state index contributed by atoms with van der Waals surface area (Å²) in [7, 11) is 0. The predicted molar refractivity (Wildman–Crippen MR) is 61.9 cm³/mol. The predicted octanol–water partition coefficient (Wildman–Crippen LogP) is 2.59. The highest BCUT2D eigenvalue weighted by atomic mass is 16.5. The molecule has 0 atom stereocenters. The Kier molecular flexibility index (Phi) is 2.53. The highest BCUT2D eigenvalue weighted by Gasteiger charge is 2.39. The first-order valence-corrected chi connectivity index (χ1v) is 5.27. The van der Waals surface area contributed by atoms with Crippen LogP contribution in [0.2, 0.25) is 0 Å². The highest BCUT2D eigenvalue weighted by Crippen LogP contribution is 2.43. The fourth-order valence-electron chi connectivity index (χ4n) is 1.53. The van der Waals surface area contributed by atoms with Gasteiger partial charge in [0.15, 0.2) is 0 Å². The van der Waals surface area contributed by atoms with Gasteiger partial charge in [0.05, 0.1) is 0 Å². The van der Waals surface area contributed by atoms with Gasteiger partial charge in [-0.15, -0.1) is 0 Å². The zero-order valence-corrected chi connectivity index (χ0v) is 9.12. The molecule has 2 heteroatoms. The molecule has 2 nitrogen and oxygen atoms in total. The molecule has 2 rings (SSSR count). The summed E-state index contributed by atoms with van der Waals surface area (Å²) in [6, 6.07) is 8.06. The van der Waals surface area contributed by atoms with Gasteiger partial charge in [-0.1, -0.05) is 18.7 Å². The summed E-state index contributed by atoms with van der Waals surface area (Å²) >= 11 is 0.